The zero-order chi connectivity index (χ0) is 18.0. The minimum absolute atomic E-state index is 0.271. The van der Waals surface area contributed by atoms with Gasteiger partial charge in [0.1, 0.15) is 5.60 Å². The van der Waals surface area contributed by atoms with Gasteiger partial charge in [-0.15, -0.1) is 11.3 Å². The van der Waals surface area contributed by atoms with E-state index in [1.165, 1.54) is 4.88 Å². The van der Waals surface area contributed by atoms with Crippen LogP contribution in [-0.4, -0.2) is 49.2 Å². The lowest BCUT2D eigenvalue weighted by molar-refractivity contribution is 0.0253. The molecule has 0 aromatic carbocycles. The molecule has 1 aromatic heterocycles. The zero-order valence-corrected chi connectivity index (χ0v) is 16.2. The molecule has 0 aliphatic heterocycles. The van der Waals surface area contributed by atoms with Gasteiger partial charge in [0, 0.05) is 31.6 Å². The summed E-state index contributed by atoms with van der Waals surface area (Å²) < 4.78 is 5.45. The Hall–Kier alpha value is -1.76. The van der Waals surface area contributed by atoms with Gasteiger partial charge in [0.25, 0.3) is 0 Å². The Morgan fingerprint density at radius 3 is 2.62 bits per heavy atom. The summed E-state index contributed by atoms with van der Waals surface area (Å²) in [4.78, 5) is 19.4. The van der Waals surface area contributed by atoms with Crippen molar-refractivity contribution in [1.29, 1.82) is 0 Å². The SMILES string of the molecule is CCCN(CCNC(=NC)NCc1cccs1)C(=O)OC(C)(C)C. The molecule has 6 nitrogen and oxygen atoms in total. The van der Waals surface area contributed by atoms with E-state index in [1.54, 1.807) is 23.3 Å². The highest BCUT2D eigenvalue weighted by molar-refractivity contribution is 7.09. The average molecular weight is 355 g/mol. The second-order valence-corrected chi connectivity index (χ2v) is 7.43. The first kappa shape index (κ1) is 20.3. The molecule has 0 bridgehead atoms. The molecule has 0 aliphatic carbocycles. The summed E-state index contributed by atoms with van der Waals surface area (Å²) in [5.41, 5.74) is -0.477. The second kappa shape index (κ2) is 10.2. The molecule has 1 rings (SSSR count). The largest absolute Gasteiger partial charge is 0.444 e. The first-order valence-electron chi connectivity index (χ1n) is 8.30. The summed E-state index contributed by atoms with van der Waals surface area (Å²) in [7, 11) is 1.74. The Morgan fingerprint density at radius 1 is 1.33 bits per heavy atom. The van der Waals surface area contributed by atoms with Crippen LogP contribution in [0.15, 0.2) is 22.5 Å². The van der Waals surface area contributed by atoms with Crippen LogP contribution in [0.25, 0.3) is 0 Å². The number of rotatable bonds is 7. The van der Waals surface area contributed by atoms with E-state index >= 15 is 0 Å². The number of carbonyl (C=O) groups is 1. The fourth-order valence-electron chi connectivity index (χ4n) is 2.00. The number of nitrogens with zero attached hydrogens (tertiary/aromatic N) is 2. The molecule has 1 aromatic rings. The molecule has 0 aliphatic rings. The third-order valence-corrected chi connectivity index (χ3v) is 3.93. The van der Waals surface area contributed by atoms with Gasteiger partial charge in [0.2, 0.25) is 0 Å². The summed E-state index contributed by atoms with van der Waals surface area (Å²) in [6.07, 6.45) is 0.623. The minimum atomic E-state index is -0.477. The van der Waals surface area contributed by atoms with E-state index in [-0.39, 0.29) is 6.09 Å². The predicted molar refractivity (Wildman–Crippen MR) is 101 cm³/mol. The number of nitrogens with one attached hydrogen (secondary N) is 2. The number of guanidine groups is 1. The first-order valence-corrected chi connectivity index (χ1v) is 9.18. The molecule has 0 spiro atoms. The minimum Gasteiger partial charge on any atom is -0.444 e. The first-order chi connectivity index (χ1) is 11.4. The Morgan fingerprint density at radius 2 is 2.08 bits per heavy atom. The highest BCUT2D eigenvalue weighted by Gasteiger charge is 2.21. The van der Waals surface area contributed by atoms with Crippen LogP contribution < -0.4 is 10.6 Å². The standard InChI is InChI=1S/C17H30N4O2S/c1-6-10-21(16(22)23-17(2,3)4)11-9-19-15(18-5)20-13-14-8-7-12-24-14/h7-8,12H,6,9-11,13H2,1-5H3,(H2,18,19,20). The lowest BCUT2D eigenvalue weighted by atomic mass is 10.2. The molecular weight excluding hydrogens is 324 g/mol. The number of hydrogen-bond donors (Lipinski definition) is 2. The molecule has 2 N–H and O–H groups in total. The van der Waals surface area contributed by atoms with Gasteiger partial charge in [0.05, 0.1) is 6.54 Å². The van der Waals surface area contributed by atoms with Crippen molar-refractivity contribution in [3.8, 4) is 0 Å². The molecule has 0 radical (unpaired) electrons. The van der Waals surface area contributed by atoms with Crippen LogP contribution in [-0.2, 0) is 11.3 Å². The maximum atomic E-state index is 12.2. The normalized spacial score (nSPS) is 12.0. The summed E-state index contributed by atoms with van der Waals surface area (Å²) in [6, 6.07) is 4.11. The van der Waals surface area contributed by atoms with E-state index in [0.717, 1.165) is 18.9 Å². The molecular formula is C17H30N4O2S. The van der Waals surface area contributed by atoms with Crippen LogP contribution in [0.2, 0.25) is 0 Å². The van der Waals surface area contributed by atoms with Crippen LogP contribution in [0.3, 0.4) is 0 Å². The number of thiophene rings is 1. The van der Waals surface area contributed by atoms with Crippen molar-refractivity contribution in [2.75, 3.05) is 26.7 Å². The van der Waals surface area contributed by atoms with Gasteiger partial charge in [-0.05, 0) is 38.6 Å². The van der Waals surface area contributed by atoms with Crippen LogP contribution >= 0.6 is 11.3 Å². The Bertz CT molecular complexity index is 509. The maximum Gasteiger partial charge on any atom is 0.410 e. The van der Waals surface area contributed by atoms with Gasteiger partial charge in [-0.3, -0.25) is 4.99 Å². The predicted octanol–water partition coefficient (Wildman–Crippen LogP) is 3.06. The van der Waals surface area contributed by atoms with Crippen molar-refractivity contribution in [2.45, 2.75) is 46.3 Å². The molecule has 136 valence electrons. The number of carbonyl (C=O) groups excluding carboxylic acids is 1. The summed E-state index contributed by atoms with van der Waals surface area (Å²) in [5, 5.41) is 8.54. The smallest absolute Gasteiger partial charge is 0.410 e. The number of hydrogen-bond acceptors (Lipinski definition) is 4. The van der Waals surface area contributed by atoms with Crippen LogP contribution in [0.4, 0.5) is 4.79 Å². The molecule has 0 saturated carbocycles. The molecule has 1 heterocycles. The van der Waals surface area contributed by atoms with Crippen molar-refractivity contribution in [1.82, 2.24) is 15.5 Å². The van der Waals surface area contributed by atoms with Gasteiger partial charge < -0.3 is 20.3 Å². The summed E-state index contributed by atoms with van der Waals surface area (Å²) in [6.45, 7) is 10.3. The van der Waals surface area contributed by atoms with Gasteiger partial charge in [-0.1, -0.05) is 13.0 Å². The van der Waals surface area contributed by atoms with E-state index < -0.39 is 5.60 Å². The lowest BCUT2D eigenvalue weighted by Gasteiger charge is -2.27. The highest BCUT2D eigenvalue weighted by Crippen LogP contribution is 2.10. The number of amides is 1. The van der Waals surface area contributed by atoms with Crippen LogP contribution in [0.1, 0.15) is 39.0 Å². The van der Waals surface area contributed by atoms with E-state index in [4.69, 9.17) is 4.74 Å². The van der Waals surface area contributed by atoms with E-state index in [9.17, 15) is 4.79 Å². The quantitative estimate of drug-likeness (QED) is 0.583. The van der Waals surface area contributed by atoms with Crippen LogP contribution in [0, 0.1) is 0 Å². The molecule has 24 heavy (non-hydrogen) atoms. The third kappa shape index (κ3) is 8.19. The maximum absolute atomic E-state index is 12.2. The molecule has 0 unspecified atom stereocenters. The van der Waals surface area contributed by atoms with E-state index in [0.29, 0.717) is 19.6 Å². The van der Waals surface area contributed by atoms with Gasteiger partial charge in [0.15, 0.2) is 5.96 Å². The number of aliphatic imine (C=N–C) groups is 1. The van der Waals surface area contributed by atoms with Crippen molar-refractivity contribution >= 4 is 23.4 Å². The van der Waals surface area contributed by atoms with Gasteiger partial charge >= 0.3 is 6.09 Å². The van der Waals surface area contributed by atoms with Crippen molar-refractivity contribution in [3.63, 3.8) is 0 Å². The Kier molecular flexibility index (Phi) is 8.60. The molecule has 0 atom stereocenters. The Balaban J connectivity index is 2.40. The Labute approximate surface area is 149 Å². The summed E-state index contributed by atoms with van der Waals surface area (Å²) in [5.74, 6) is 0.726. The molecule has 7 heteroatoms. The van der Waals surface area contributed by atoms with Crippen molar-refractivity contribution < 1.29 is 9.53 Å². The topological polar surface area (TPSA) is 66.0 Å². The molecule has 0 saturated heterocycles. The van der Waals surface area contributed by atoms with Crippen molar-refractivity contribution in [3.05, 3.63) is 22.4 Å². The van der Waals surface area contributed by atoms with Gasteiger partial charge in [-0.2, -0.15) is 0 Å². The molecule has 0 fully saturated rings. The molecule has 1 amide bonds. The fourth-order valence-corrected chi connectivity index (χ4v) is 2.65. The van der Waals surface area contributed by atoms with E-state index in [2.05, 4.69) is 27.1 Å². The average Bonchev–Trinajstić information content (AvgIpc) is 3.01. The third-order valence-electron chi connectivity index (χ3n) is 3.05. The van der Waals surface area contributed by atoms with Crippen LogP contribution in [0.5, 0.6) is 0 Å². The van der Waals surface area contributed by atoms with Crippen molar-refractivity contribution in [2.24, 2.45) is 4.99 Å². The number of ether oxygens (including phenoxy) is 1. The highest BCUT2D eigenvalue weighted by atomic mass is 32.1. The van der Waals surface area contributed by atoms with Gasteiger partial charge in [-0.25, -0.2) is 4.79 Å². The monoisotopic (exact) mass is 354 g/mol. The zero-order valence-electron chi connectivity index (χ0n) is 15.4. The second-order valence-electron chi connectivity index (χ2n) is 6.40. The van der Waals surface area contributed by atoms with E-state index in [1.807, 2.05) is 33.8 Å². The summed E-state index contributed by atoms with van der Waals surface area (Å²) >= 11 is 1.71. The fraction of sp³-hybridized carbons (Fsp3) is 0.647. The lowest BCUT2D eigenvalue weighted by Crippen LogP contribution is -2.44.